The number of hydrazone groups is 1. The van der Waals surface area contributed by atoms with Crippen molar-refractivity contribution in [2.45, 2.75) is 11.8 Å². The van der Waals surface area contributed by atoms with Crippen LogP contribution in [0.2, 0.25) is 0 Å². The van der Waals surface area contributed by atoms with Crippen molar-refractivity contribution in [2.75, 3.05) is 12.1 Å². The van der Waals surface area contributed by atoms with Crippen LogP contribution >= 0.6 is 22.6 Å². The molecule has 2 aromatic carbocycles. The van der Waals surface area contributed by atoms with Gasteiger partial charge in [0.2, 0.25) is 10.0 Å². The van der Waals surface area contributed by atoms with E-state index in [9.17, 15) is 18.3 Å². The maximum absolute atomic E-state index is 12.8. The van der Waals surface area contributed by atoms with Crippen molar-refractivity contribution in [3.8, 4) is 11.5 Å². The van der Waals surface area contributed by atoms with E-state index in [1.165, 1.54) is 36.4 Å². The van der Waals surface area contributed by atoms with E-state index in [4.69, 9.17) is 9.88 Å². The minimum Gasteiger partial charge on any atom is -0.504 e. The summed E-state index contributed by atoms with van der Waals surface area (Å²) in [5.41, 5.74) is 1.96. The second kappa shape index (κ2) is 7.53. The van der Waals surface area contributed by atoms with E-state index in [0.717, 1.165) is 0 Å². The standard InChI is InChI=1S/C18H16IN3O5S/c1-10-14(7-11-8-15(19)17(23)16(9-11)27-2)18(24)22(21-10)12-3-5-13(6-4-12)28(20,25)26/h3-9,23H,1-2H3,(H2,20,25,26)/b14-7-. The first-order chi connectivity index (χ1) is 13.1. The Morgan fingerprint density at radius 1 is 1.25 bits per heavy atom. The van der Waals surface area contributed by atoms with E-state index < -0.39 is 10.0 Å². The minimum absolute atomic E-state index is 0.0324. The highest BCUT2D eigenvalue weighted by Gasteiger charge is 2.29. The monoisotopic (exact) mass is 513 g/mol. The molecule has 146 valence electrons. The SMILES string of the molecule is COc1cc(/C=C2\C(=O)N(c3ccc(S(N)(=O)=O)cc3)N=C2C)cc(I)c1O. The average molecular weight is 513 g/mol. The summed E-state index contributed by atoms with van der Waals surface area (Å²) in [5, 5.41) is 20.5. The van der Waals surface area contributed by atoms with Gasteiger partial charge in [-0.3, -0.25) is 4.79 Å². The fourth-order valence-corrected chi connectivity index (χ4v) is 3.78. The number of phenols is 1. The number of sulfonamides is 1. The molecule has 0 aliphatic carbocycles. The number of benzene rings is 2. The Morgan fingerprint density at radius 2 is 1.89 bits per heavy atom. The van der Waals surface area contributed by atoms with Crippen LogP contribution < -0.4 is 14.9 Å². The Morgan fingerprint density at radius 3 is 2.46 bits per heavy atom. The third-order valence-electron chi connectivity index (χ3n) is 4.05. The van der Waals surface area contributed by atoms with Gasteiger partial charge in [0.15, 0.2) is 11.5 Å². The molecule has 2 aromatic rings. The van der Waals surface area contributed by atoms with E-state index >= 15 is 0 Å². The molecule has 0 unspecified atom stereocenters. The van der Waals surface area contributed by atoms with Crippen molar-refractivity contribution >= 4 is 56.0 Å². The summed E-state index contributed by atoms with van der Waals surface area (Å²) < 4.78 is 28.5. The number of amides is 1. The summed E-state index contributed by atoms with van der Waals surface area (Å²) in [7, 11) is -2.37. The Kier molecular flexibility index (Phi) is 5.46. The molecule has 0 atom stereocenters. The van der Waals surface area contributed by atoms with Crippen LogP contribution in [0, 0.1) is 3.57 Å². The third-order valence-corrected chi connectivity index (χ3v) is 5.81. The maximum atomic E-state index is 12.8. The summed E-state index contributed by atoms with van der Waals surface area (Å²) in [6.07, 6.45) is 1.66. The van der Waals surface area contributed by atoms with Gasteiger partial charge >= 0.3 is 0 Å². The topological polar surface area (TPSA) is 122 Å². The van der Waals surface area contributed by atoms with Crippen LogP contribution in [0.25, 0.3) is 6.08 Å². The molecule has 10 heteroatoms. The molecular formula is C18H16IN3O5S. The van der Waals surface area contributed by atoms with Gasteiger partial charge in [0.25, 0.3) is 5.91 Å². The number of methoxy groups -OCH3 is 1. The molecule has 1 heterocycles. The zero-order valence-electron chi connectivity index (χ0n) is 14.9. The normalized spacial score (nSPS) is 15.9. The number of hydrogen-bond acceptors (Lipinski definition) is 6. The second-order valence-electron chi connectivity index (χ2n) is 5.95. The molecule has 0 saturated heterocycles. The van der Waals surface area contributed by atoms with Crippen LogP contribution in [0.5, 0.6) is 11.5 Å². The number of halogens is 1. The van der Waals surface area contributed by atoms with Gasteiger partial charge in [0, 0.05) is 0 Å². The van der Waals surface area contributed by atoms with E-state index in [1.807, 2.05) is 22.6 Å². The van der Waals surface area contributed by atoms with Gasteiger partial charge in [-0.05, 0) is 77.6 Å². The van der Waals surface area contributed by atoms with E-state index in [0.29, 0.717) is 31.9 Å². The molecule has 0 bridgehead atoms. The van der Waals surface area contributed by atoms with E-state index in [-0.39, 0.29) is 16.6 Å². The molecule has 1 amide bonds. The first kappa shape index (κ1) is 20.3. The molecule has 8 nitrogen and oxygen atoms in total. The van der Waals surface area contributed by atoms with Gasteiger partial charge in [-0.1, -0.05) is 0 Å². The van der Waals surface area contributed by atoms with Gasteiger partial charge in [-0.2, -0.15) is 10.1 Å². The largest absolute Gasteiger partial charge is 0.504 e. The molecule has 0 radical (unpaired) electrons. The Labute approximate surface area is 175 Å². The number of nitrogens with zero attached hydrogens (tertiary/aromatic N) is 2. The van der Waals surface area contributed by atoms with Crippen LogP contribution in [0.3, 0.4) is 0 Å². The molecule has 1 aliphatic rings. The van der Waals surface area contributed by atoms with Crippen molar-refractivity contribution in [2.24, 2.45) is 10.2 Å². The number of aromatic hydroxyl groups is 1. The predicted molar refractivity (Wildman–Crippen MR) is 114 cm³/mol. The lowest BCUT2D eigenvalue weighted by atomic mass is 10.1. The number of ether oxygens (including phenoxy) is 1. The zero-order valence-corrected chi connectivity index (χ0v) is 17.9. The lowest BCUT2D eigenvalue weighted by molar-refractivity contribution is -0.114. The lowest BCUT2D eigenvalue weighted by Gasteiger charge is -2.12. The number of carbonyl (C=O) groups is 1. The summed E-state index contributed by atoms with van der Waals surface area (Å²) >= 11 is 1.97. The first-order valence-corrected chi connectivity index (χ1v) is 10.6. The number of rotatable bonds is 4. The van der Waals surface area contributed by atoms with Gasteiger partial charge in [0.05, 0.1) is 32.5 Å². The number of carbonyl (C=O) groups excluding carboxylic acids is 1. The molecule has 1 aliphatic heterocycles. The molecule has 0 fully saturated rings. The number of nitrogens with two attached hydrogens (primary N) is 1. The summed E-state index contributed by atoms with van der Waals surface area (Å²) in [6.45, 7) is 1.70. The summed E-state index contributed by atoms with van der Waals surface area (Å²) in [6, 6.07) is 8.90. The number of hydrogen-bond donors (Lipinski definition) is 2. The maximum Gasteiger partial charge on any atom is 0.280 e. The second-order valence-corrected chi connectivity index (χ2v) is 8.68. The van der Waals surface area contributed by atoms with Gasteiger partial charge in [0.1, 0.15) is 0 Å². The minimum atomic E-state index is -3.82. The number of anilines is 1. The highest BCUT2D eigenvalue weighted by Crippen LogP contribution is 2.34. The van der Waals surface area contributed by atoms with Crippen LogP contribution in [-0.2, 0) is 14.8 Å². The highest BCUT2D eigenvalue weighted by molar-refractivity contribution is 14.1. The summed E-state index contributed by atoms with van der Waals surface area (Å²) in [5.74, 6) is -0.0258. The van der Waals surface area contributed by atoms with E-state index in [2.05, 4.69) is 5.10 Å². The molecule has 0 aromatic heterocycles. The van der Waals surface area contributed by atoms with Crippen molar-refractivity contribution in [3.05, 3.63) is 51.1 Å². The zero-order chi connectivity index (χ0) is 20.6. The van der Waals surface area contributed by atoms with Crippen molar-refractivity contribution < 1.29 is 23.1 Å². The fraction of sp³-hybridized carbons (Fsp3) is 0.111. The number of phenolic OH excluding ortho intramolecular Hbond substituents is 1. The molecule has 3 N–H and O–H groups in total. The molecule has 28 heavy (non-hydrogen) atoms. The smallest absolute Gasteiger partial charge is 0.280 e. The molecule has 0 spiro atoms. The van der Waals surface area contributed by atoms with Gasteiger partial charge in [-0.15, -0.1) is 0 Å². The Bertz CT molecular complexity index is 1120. The van der Waals surface area contributed by atoms with E-state index in [1.54, 1.807) is 25.1 Å². The van der Waals surface area contributed by atoms with Crippen molar-refractivity contribution in [1.29, 1.82) is 0 Å². The average Bonchev–Trinajstić information content (AvgIpc) is 2.92. The quantitative estimate of drug-likeness (QED) is 0.481. The first-order valence-electron chi connectivity index (χ1n) is 7.93. The lowest BCUT2D eigenvalue weighted by Crippen LogP contribution is -2.21. The van der Waals surface area contributed by atoms with Crippen molar-refractivity contribution in [1.82, 2.24) is 0 Å². The van der Waals surface area contributed by atoms with Gasteiger partial charge < -0.3 is 9.84 Å². The fourth-order valence-electron chi connectivity index (χ4n) is 2.64. The Balaban J connectivity index is 1.95. The third kappa shape index (κ3) is 3.88. The van der Waals surface area contributed by atoms with Crippen LogP contribution in [-0.4, -0.2) is 32.3 Å². The van der Waals surface area contributed by atoms with Crippen LogP contribution in [0.4, 0.5) is 5.69 Å². The van der Waals surface area contributed by atoms with Gasteiger partial charge in [-0.25, -0.2) is 13.6 Å². The highest BCUT2D eigenvalue weighted by atomic mass is 127. The summed E-state index contributed by atoms with van der Waals surface area (Å²) in [4.78, 5) is 12.8. The molecular weight excluding hydrogens is 497 g/mol. The molecule has 3 rings (SSSR count). The van der Waals surface area contributed by atoms with Crippen LogP contribution in [0.15, 0.2) is 52.0 Å². The van der Waals surface area contributed by atoms with Crippen LogP contribution in [0.1, 0.15) is 12.5 Å². The molecule has 0 saturated carbocycles. The number of primary sulfonamides is 1. The van der Waals surface area contributed by atoms with Crippen molar-refractivity contribution in [3.63, 3.8) is 0 Å². The predicted octanol–water partition coefficient (Wildman–Crippen LogP) is 2.46. The Hall–Kier alpha value is -2.44.